The summed E-state index contributed by atoms with van der Waals surface area (Å²) in [7, 11) is 0. The van der Waals surface area contributed by atoms with Gasteiger partial charge in [-0.15, -0.1) is 0 Å². The highest BCUT2D eigenvalue weighted by molar-refractivity contribution is 14.1. The van der Waals surface area contributed by atoms with Crippen LogP contribution in [0.2, 0.25) is 0 Å². The molecule has 0 aliphatic carbocycles. The van der Waals surface area contributed by atoms with Gasteiger partial charge < -0.3 is 4.57 Å². The van der Waals surface area contributed by atoms with Gasteiger partial charge in [-0.05, 0) is 58.5 Å². The summed E-state index contributed by atoms with van der Waals surface area (Å²) in [5.41, 5.74) is 2.59. The topological polar surface area (TPSA) is 4.93 Å². The molecular formula is C15H11BrIN. The maximum Gasteiger partial charge on any atom is 0.0494 e. The Balaban J connectivity index is 2.00. The molecule has 0 aliphatic heterocycles. The highest BCUT2D eigenvalue weighted by Gasteiger charge is 2.04. The molecular weight excluding hydrogens is 401 g/mol. The van der Waals surface area contributed by atoms with E-state index in [0.29, 0.717) is 0 Å². The zero-order chi connectivity index (χ0) is 12.5. The molecule has 1 heterocycles. The lowest BCUT2D eigenvalue weighted by Crippen LogP contribution is -1.97. The molecule has 0 atom stereocenters. The summed E-state index contributed by atoms with van der Waals surface area (Å²) in [6, 6.07) is 17.2. The van der Waals surface area contributed by atoms with Crippen LogP contribution < -0.4 is 0 Å². The predicted octanol–water partition coefficient (Wildman–Crippen LogP) is 5.06. The summed E-state index contributed by atoms with van der Waals surface area (Å²) >= 11 is 5.92. The van der Waals surface area contributed by atoms with Crippen molar-refractivity contribution < 1.29 is 0 Å². The van der Waals surface area contributed by atoms with Crippen LogP contribution in [0.5, 0.6) is 0 Å². The van der Waals surface area contributed by atoms with Gasteiger partial charge >= 0.3 is 0 Å². The average molecular weight is 412 g/mol. The molecule has 3 heteroatoms. The molecule has 18 heavy (non-hydrogen) atoms. The van der Waals surface area contributed by atoms with Crippen LogP contribution in [0.25, 0.3) is 10.9 Å². The van der Waals surface area contributed by atoms with Crippen LogP contribution in [0.3, 0.4) is 0 Å². The van der Waals surface area contributed by atoms with Gasteiger partial charge in [0.15, 0.2) is 0 Å². The zero-order valence-electron chi connectivity index (χ0n) is 9.61. The molecule has 1 nitrogen and oxygen atoms in total. The van der Waals surface area contributed by atoms with Gasteiger partial charge in [0, 0.05) is 31.7 Å². The van der Waals surface area contributed by atoms with Gasteiger partial charge in [0.25, 0.3) is 0 Å². The molecule has 0 N–H and O–H groups in total. The molecule has 0 radical (unpaired) electrons. The van der Waals surface area contributed by atoms with Crippen molar-refractivity contribution in [3.05, 3.63) is 68.3 Å². The lowest BCUT2D eigenvalue weighted by Gasteiger charge is -2.06. The van der Waals surface area contributed by atoms with E-state index in [-0.39, 0.29) is 0 Å². The van der Waals surface area contributed by atoms with E-state index in [1.54, 1.807) is 0 Å². The summed E-state index contributed by atoms with van der Waals surface area (Å²) in [6.07, 6.45) is 2.15. The fourth-order valence-electron chi connectivity index (χ4n) is 2.11. The second kappa shape index (κ2) is 5.05. The maximum absolute atomic E-state index is 3.59. The van der Waals surface area contributed by atoms with Crippen molar-refractivity contribution in [3.8, 4) is 0 Å². The summed E-state index contributed by atoms with van der Waals surface area (Å²) in [5.74, 6) is 0. The minimum atomic E-state index is 0.914. The Morgan fingerprint density at radius 3 is 2.56 bits per heavy atom. The van der Waals surface area contributed by atoms with Crippen molar-refractivity contribution in [3.63, 3.8) is 0 Å². The zero-order valence-corrected chi connectivity index (χ0v) is 13.3. The molecule has 0 fully saturated rings. The van der Waals surface area contributed by atoms with Crippen LogP contribution in [0, 0.1) is 3.57 Å². The number of aromatic nitrogens is 1. The molecule has 0 bridgehead atoms. The Bertz CT molecular complexity index is 685. The molecule has 0 aliphatic rings. The first kappa shape index (κ1) is 12.2. The Morgan fingerprint density at radius 2 is 1.78 bits per heavy atom. The minimum Gasteiger partial charge on any atom is -0.343 e. The number of hydrogen-bond acceptors (Lipinski definition) is 0. The number of hydrogen-bond donors (Lipinski definition) is 0. The van der Waals surface area contributed by atoms with Crippen LogP contribution in [0.1, 0.15) is 5.56 Å². The normalized spacial score (nSPS) is 11.0. The minimum absolute atomic E-state index is 0.914. The van der Waals surface area contributed by atoms with E-state index in [1.807, 2.05) is 0 Å². The van der Waals surface area contributed by atoms with E-state index in [2.05, 4.69) is 97.8 Å². The monoisotopic (exact) mass is 411 g/mol. The molecule has 0 amide bonds. The average Bonchev–Trinajstić information content (AvgIpc) is 2.77. The van der Waals surface area contributed by atoms with Gasteiger partial charge in [-0.1, -0.05) is 34.1 Å². The highest BCUT2D eigenvalue weighted by Crippen LogP contribution is 2.25. The lowest BCUT2D eigenvalue weighted by molar-refractivity contribution is 0.836. The number of nitrogens with zero attached hydrogens (tertiary/aromatic N) is 1. The van der Waals surface area contributed by atoms with Crippen molar-refractivity contribution in [2.45, 2.75) is 6.54 Å². The second-order valence-electron chi connectivity index (χ2n) is 4.24. The van der Waals surface area contributed by atoms with Crippen molar-refractivity contribution >= 4 is 49.4 Å². The number of rotatable bonds is 2. The third-order valence-corrected chi connectivity index (χ3v) is 4.44. The Labute approximate surface area is 128 Å². The Kier molecular flexibility index (Phi) is 3.43. The van der Waals surface area contributed by atoms with E-state index in [0.717, 1.165) is 11.0 Å². The molecule has 3 rings (SSSR count). The first-order chi connectivity index (χ1) is 8.74. The summed E-state index contributed by atoms with van der Waals surface area (Å²) < 4.78 is 4.71. The maximum atomic E-state index is 3.59. The van der Waals surface area contributed by atoms with E-state index in [9.17, 15) is 0 Å². The van der Waals surface area contributed by atoms with Gasteiger partial charge in [0.05, 0.1) is 0 Å². The van der Waals surface area contributed by atoms with Gasteiger partial charge in [0.1, 0.15) is 0 Å². The van der Waals surface area contributed by atoms with E-state index < -0.39 is 0 Å². The third kappa shape index (κ3) is 2.34. The first-order valence-electron chi connectivity index (χ1n) is 5.72. The molecule has 90 valence electrons. The van der Waals surface area contributed by atoms with Crippen LogP contribution in [-0.2, 0) is 6.54 Å². The largest absolute Gasteiger partial charge is 0.343 e. The van der Waals surface area contributed by atoms with Crippen molar-refractivity contribution in [2.75, 3.05) is 0 Å². The fraction of sp³-hybridized carbons (Fsp3) is 0.0667. The number of halogens is 2. The predicted molar refractivity (Wildman–Crippen MR) is 87.9 cm³/mol. The SMILES string of the molecule is Brc1cccc2c1ccn2Cc1ccc(I)cc1. The van der Waals surface area contributed by atoms with E-state index >= 15 is 0 Å². The quantitative estimate of drug-likeness (QED) is 0.519. The van der Waals surface area contributed by atoms with Gasteiger partial charge in [0.2, 0.25) is 0 Å². The molecule has 0 saturated heterocycles. The summed E-state index contributed by atoms with van der Waals surface area (Å²) in [4.78, 5) is 0. The van der Waals surface area contributed by atoms with Crippen LogP contribution in [0.4, 0.5) is 0 Å². The highest BCUT2D eigenvalue weighted by atomic mass is 127. The van der Waals surface area contributed by atoms with Gasteiger partial charge in [-0.2, -0.15) is 0 Å². The van der Waals surface area contributed by atoms with E-state index in [1.165, 1.54) is 20.0 Å². The summed E-state index contributed by atoms with van der Waals surface area (Å²) in [5, 5.41) is 1.27. The van der Waals surface area contributed by atoms with Gasteiger partial charge in [-0.3, -0.25) is 0 Å². The van der Waals surface area contributed by atoms with Crippen molar-refractivity contribution in [2.24, 2.45) is 0 Å². The van der Waals surface area contributed by atoms with Crippen LogP contribution in [0.15, 0.2) is 59.2 Å². The molecule has 0 saturated carbocycles. The standard InChI is InChI=1S/C15H11BrIN/c16-14-2-1-3-15-13(14)8-9-18(15)10-11-4-6-12(17)7-5-11/h1-9H,10H2. The molecule has 0 unspecified atom stereocenters. The molecule has 0 spiro atoms. The number of fused-ring (bicyclic) bond motifs is 1. The molecule has 1 aromatic heterocycles. The van der Waals surface area contributed by atoms with Crippen LogP contribution in [-0.4, -0.2) is 4.57 Å². The lowest BCUT2D eigenvalue weighted by atomic mass is 10.2. The first-order valence-corrected chi connectivity index (χ1v) is 7.59. The second-order valence-corrected chi connectivity index (χ2v) is 6.34. The Hall–Kier alpha value is -0.810. The van der Waals surface area contributed by atoms with E-state index in [4.69, 9.17) is 0 Å². The van der Waals surface area contributed by atoms with Crippen LogP contribution >= 0.6 is 38.5 Å². The Morgan fingerprint density at radius 1 is 1.00 bits per heavy atom. The fourth-order valence-corrected chi connectivity index (χ4v) is 2.96. The van der Waals surface area contributed by atoms with Gasteiger partial charge in [-0.25, -0.2) is 0 Å². The molecule has 3 aromatic rings. The van der Waals surface area contributed by atoms with Crippen molar-refractivity contribution in [1.29, 1.82) is 0 Å². The molecule has 2 aromatic carbocycles. The van der Waals surface area contributed by atoms with Crippen molar-refractivity contribution in [1.82, 2.24) is 4.57 Å². The smallest absolute Gasteiger partial charge is 0.0494 e. The third-order valence-electron chi connectivity index (χ3n) is 3.03. The summed E-state index contributed by atoms with van der Waals surface area (Å²) in [6.45, 7) is 0.914. The number of benzene rings is 2.